The Morgan fingerprint density at radius 2 is 2.04 bits per heavy atom. The number of β-amino-alcohol motifs (C(OH)–C–C–N with tert-alkyl or cyclic N) is 1. The third-order valence-corrected chi connectivity index (χ3v) is 4.60. The fourth-order valence-corrected chi connectivity index (χ4v) is 3.54. The average molecular weight is 328 g/mol. The Kier molecular flexibility index (Phi) is 5.31. The van der Waals surface area contributed by atoms with E-state index in [4.69, 9.17) is 0 Å². The van der Waals surface area contributed by atoms with Crippen molar-refractivity contribution >= 4 is 0 Å². The van der Waals surface area contributed by atoms with Gasteiger partial charge in [0.2, 0.25) is 0 Å². The highest BCUT2D eigenvalue weighted by Gasteiger charge is 2.34. The van der Waals surface area contributed by atoms with Crippen LogP contribution in [0.4, 0.5) is 0 Å². The summed E-state index contributed by atoms with van der Waals surface area (Å²) in [7, 11) is 0. The Hall–Kier alpha value is -1.72. The van der Waals surface area contributed by atoms with Crippen molar-refractivity contribution in [3.63, 3.8) is 0 Å². The number of hydrogen-bond donors (Lipinski definition) is 1. The van der Waals surface area contributed by atoms with Crippen molar-refractivity contribution in [2.45, 2.75) is 51.8 Å². The van der Waals surface area contributed by atoms with Gasteiger partial charge in [-0.3, -0.25) is 4.90 Å². The van der Waals surface area contributed by atoms with Crippen molar-refractivity contribution in [1.82, 2.24) is 19.7 Å². The number of aliphatic hydroxyl groups is 1. The third kappa shape index (κ3) is 4.42. The second kappa shape index (κ2) is 7.45. The lowest BCUT2D eigenvalue weighted by Crippen LogP contribution is -2.49. The molecular weight excluding hydrogens is 300 g/mol. The van der Waals surface area contributed by atoms with E-state index in [0.717, 1.165) is 38.3 Å². The highest BCUT2D eigenvalue weighted by Crippen LogP contribution is 2.26. The van der Waals surface area contributed by atoms with Crippen LogP contribution in [0.2, 0.25) is 0 Å². The fourth-order valence-electron chi connectivity index (χ4n) is 3.54. The van der Waals surface area contributed by atoms with Crippen molar-refractivity contribution < 1.29 is 5.11 Å². The van der Waals surface area contributed by atoms with E-state index in [1.54, 1.807) is 6.33 Å². The summed E-state index contributed by atoms with van der Waals surface area (Å²) in [5.41, 5.74) is 0.583. The van der Waals surface area contributed by atoms with E-state index in [2.05, 4.69) is 53.1 Å². The van der Waals surface area contributed by atoms with Gasteiger partial charge in [0, 0.05) is 26.1 Å². The van der Waals surface area contributed by atoms with E-state index in [9.17, 15) is 5.11 Å². The smallest absolute Gasteiger partial charge is 0.138 e. The molecule has 1 atom stereocenters. The van der Waals surface area contributed by atoms with E-state index in [1.807, 2.05) is 10.7 Å². The molecule has 130 valence electrons. The Balaban J connectivity index is 1.65. The average Bonchev–Trinajstić information content (AvgIpc) is 2.94. The highest BCUT2D eigenvalue weighted by molar-refractivity contribution is 5.14. The lowest BCUT2D eigenvalue weighted by Gasteiger charge is -2.39. The van der Waals surface area contributed by atoms with Gasteiger partial charge in [-0.15, -0.1) is 0 Å². The van der Waals surface area contributed by atoms with Crippen LogP contribution >= 0.6 is 0 Å². The Morgan fingerprint density at radius 3 is 2.79 bits per heavy atom. The Bertz CT molecular complexity index is 640. The summed E-state index contributed by atoms with van der Waals surface area (Å²) in [4.78, 5) is 6.74. The summed E-state index contributed by atoms with van der Waals surface area (Å²) in [6.45, 7) is 7.80. The molecule has 1 N–H and O–H groups in total. The molecule has 1 aliphatic rings. The summed E-state index contributed by atoms with van der Waals surface area (Å²) in [5.74, 6) is 1.41. The molecule has 2 aromatic rings. The summed E-state index contributed by atoms with van der Waals surface area (Å²) in [6, 6.07) is 10.5. The molecule has 0 bridgehead atoms. The minimum atomic E-state index is -0.713. The Labute approximate surface area is 144 Å². The molecule has 2 heterocycles. The molecule has 1 saturated heterocycles. The van der Waals surface area contributed by atoms with Crippen LogP contribution < -0.4 is 0 Å². The maximum Gasteiger partial charge on any atom is 0.138 e. The van der Waals surface area contributed by atoms with Gasteiger partial charge >= 0.3 is 0 Å². The minimum Gasteiger partial charge on any atom is -0.388 e. The Morgan fingerprint density at radius 1 is 1.25 bits per heavy atom. The van der Waals surface area contributed by atoms with Gasteiger partial charge in [-0.2, -0.15) is 5.10 Å². The first-order valence-corrected chi connectivity index (χ1v) is 8.89. The maximum absolute atomic E-state index is 11.1. The largest absolute Gasteiger partial charge is 0.388 e. The van der Waals surface area contributed by atoms with Crippen LogP contribution in [-0.4, -0.2) is 43.5 Å². The number of aromatic nitrogens is 3. The first-order chi connectivity index (χ1) is 11.5. The van der Waals surface area contributed by atoms with Crippen LogP contribution in [0.15, 0.2) is 36.7 Å². The zero-order valence-corrected chi connectivity index (χ0v) is 14.7. The first-order valence-electron chi connectivity index (χ1n) is 8.89. The highest BCUT2D eigenvalue weighted by atomic mass is 16.3. The SMILES string of the molecule is CC(C)Cn1ncnc1CC1(O)CCCN(Cc2ccccc2)C1. The van der Waals surface area contributed by atoms with E-state index in [1.165, 1.54) is 5.56 Å². The topological polar surface area (TPSA) is 54.2 Å². The molecule has 1 aliphatic heterocycles. The number of nitrogens with zero attached hydrogens (tertiary/aromatic N) is 4. The number of hydrogen-bond acceptors (Lipinski definition) is 4. The van der Waals surface area contributed by atoms with Gasteiger partial charge in [0.25, 0.3) is 0 Å². The monoisotopic (exact) mass is 328 g/mol. The summed E-state index contributed by atoms with van der Waals surface area (Å²) >= 11 is 0. The molecule has 0 amide bonds. The molecule has 3 rings (SSSR count). The van der Waals surface area contributed by atoms with Gasteiger partial charge in [-0.1, -0.05) is 44.2 Å². The lowest BCUT2D eigenvalue weighted by molar-refractivity contribution is -0.0347. The molecule has 5 heteroatoms. The van der Waals surface area contributed by atoms with Crippen molar-refractivity contribution in [1.29, 1.82) is 0 Å². The van der Waals surface area contributed by atoms with Crippen LogP contribution in [0.5, 0.6) is 0 Å². The molecule has 0 aliphatic carbocycles. The predicted molar refractivity (Wildman–Crippen MR) is 94.5 cm³/mol. The van der Waals surface area contributed by atoms with Crippen LogP contribution in [0.1, 0.15) is 38.1 Å². The second-order valence-electron chi connectivity index (χ2n) is 7.45. The van der Waals surface area contributed by atoms with E-state index >= 15 is 0 Å². The quantitative estimate of drug-likeness (QED) is 0.885. The van der Waals surface area contributed by atoms with Gasteiger partial charge in [-0.05, 0) is 30.9 Å². The second-order valence-corrected chi connectivity index (χ2v) is 7.45. The van der Waals surface area contributed by atoms with Crippen LogP contribution in [0, 0.1) is 5.92 Å². The number of piperidine rings is 1. The van der Waals surface area contributed by atoms with Gasteiger partial charge in [-0.25, -0.2) is 9.67 Å². The molecule has 1 aromatic heterocycles. The molecule has 1 unspecified atom stereocenters. The number of likely N-dealkylation sites (tertiary alicyclic amines) is 1. The zero-order valence-electron chi connectivity index (χ0n) is 14.7. The van der Waals surface area contributed by atoms with E-state index < -0.39 is 5.60 Å². The molecule has 0 saturated carbocycles. The lowest BCUT2D eigenvalue weighted by atomic mass is 9.89. The molecular formula is C19H28N4O. The molecule has 5 nitrogen and oxygen atoms in total. The normalized spacial score (nSPS) is 22.2. The van der Waals surface area contributed by atoms with Crippen LogP contribution in [0.25, 0.3) is 0 Å². The van der Waals surface area contributed by atoms with E-state index in [-0.39, 0.29) is 0 Å². The van der Waals surface area contributed by atoms with Gasteiger partial charge < -0.3 is 5.11 Å². The number of benzene rings is 1. The molecule has 0 spiro atoms. The van der Waals surface area contributed by atoms with Gasteiger partial charge in [0.15, 0.2) is 0 Å². The predicted octanol–water partition coefficient (Wildman–Crippen LogP) is 2.50. The van der Waals surface area contributed by atoms with Crippen LogP contribution in [-0.2, 0) is 19.5 Å². The summed E-state index contributed by atoms with van der Waals surface area (Å²) < 4.78 is 1.94. The van der Waals surface area contributed by atoms with Gasteiger partial charge in [0.05, 0.1) is 5.60 Å². The standard InChI is InChI=1S/C19H28N4O/c1-16(2)12-23-18(20-15-21-23)11-19(24)9-6-10-22(14-19)13-17-7-4-3-5-8-17/h3-5,7-8,15-16,24H,6,9-14H2,1-2H3. The molecule has 1 aromatic carbocycles. The summed E-state index contributed by atoms with van der Waals surface area (Å²) in [5, 5.41) is 15.4. The summed E-state index contributed by atoms with van der Waals surface area (Å²) in [6.07, 6.45) is 4.02. The zero-order chi connectivity index (χ0) is 17.0. The molecule has 24 heavy (non-hydrogen) atoms. The number of rotatable bonds is 6. The van der Waals surface area contributed by atoms with Crippen molar-refractivity contribution in [2.75, 3.05) is 13.1 Å². The molecule has 1 fully saturated rings. The maximum atomic E-state index is 11.1. The first kappa shape index (κ1) is 17.1. The minimum absolute atomic E-state index is 0.515. The van der Waals surface area contributed by atoms with Crippen molar-refractivity contribution in [3.05, 3.63) is 48.0 Å². The van der Waals surface area contributed by atoms with Gasteiger partial charge in [0.1, 0.15) is 12.2 Å². The third-order valence-electron chi connectivity index (χ3n) is 4.60. The fraction of sp³-hybridized carbons (Fsp3) is 0.579. The van der Waals surface area contributed by atoms with E-state index in [0.29, 0.717) is 18.9 Å². The van der Waals surface area contributed by atoms with Crippen molar-refractivity contribution in [2.24, 2.45) is 5.92 Å². The van der Waals surface area contributed by atoms with Crippen molar-refractivity contribution in [3.8, 4) is 0 Å². The van der Waals surface area contributed by atoms with Crippen LogP contribution in [0.3, 0.4) is 0 Å². The molecule has 0 radical (unpaired) electrons.